The highest BCUT2D eigenvalue weighted by molar-refractivity contribution is 6.53. The Morgan fingerprint density at radius 3 is 2.65 bits per heavy atom. The van der Waals surface area contributed by atoms with E-state index in [4.69, 9.17) is 11.6 Å². The zero-order chi connectivity index (χ0) is 14.5. The fourth-order valence-electron chi connectivity index (χ4n) is 1.65. The summed E-state index contributed by atoms with van der Waals surface area (Å²) in [5.41, 5.74) is 1.12. The number of pyridine rings is 1. The molecule has 0 bridgehead atoms. The Balaban J connectivity index is 2.55. The Morgan fingerprint density at radius 2 is 2.05 bits per heavy atom. The molecule has 0 aliphatic heterocycles. The summed E-state index contributed by atoms with van der Waals surface area (Å²) in [5.74, 6) is 0. The first-order valence-corrected chi connectivity index (χ1v) is 5.96. The molecule has 2 rings (SSSR count). The van der Waals surface area contributed by atoms with Gasteiger partial charge in [-0.25, -0.2) is 0 Å². The van der Waals surface area contributed by atoms with Gasteiger partial charge in [0.15, 0.2) is 0 Å². The predicted molar refractivity (Wildman–Crippen MR) is 75.6 cm³/mol. The van der Waals surface area contributed by atoms with Crippen molar-refractivity contribution in [3.8, 4) is 6.07 Å². The van der Waals surface area contributed by atoms with Crippen LogP contribution in [0.15, 0.2) is 48.8 Å². The molecule has 1 aromatic carbocycles. The Morgan fingerprint density at radius 1 is 1.30 bits per heavy atom. The monoisotopic (exact) mass is 285 g/mol. The van der Waals surface area contributed by atoms with Crippen LogP contribution in [-0.2, 0) is 0 Å². The van der Waals surface area contributed by atoms with Crippen LogP contribution in [0, 0.1) is 21.4 Å². The van der Waals surface area contributed by atoms with E-state index < -0.39 is 4.92 Å². The molecular weight excluding hydrogens is 278 g/mol. The first-order valence-electron chi connectivity index (χ1n) is 5.58. The standard InChI is InChI=1S/C14H8ClN3O2/c15-14(10-3-1-5-12(7-10)18(19)20)13(8-16)11-4-2-6-17-9-11/h1-7,9H/b14-13+. The normalized spacial score (nSPS) is 11.4. The van der Waals surface area contributed by atoms with Crippen LogP contribution in [0.3, 0.4) is 0 Å². The van der Waals surface area contributed by atoms with E-state index in [1.165, 1.54) is 24.4 Å². The quantitative estimate of drug-likeness (QED) is 0.490. The lowest BCUT2D eigenvalue weighted by atomic mass is 10.1. The summed E-state index contributed by atoms with van der Waals surface area (Å²) in [6.45, 7) is 0. The highest BCUT2D eigenvalue weighted by atomic mass is 35.5. The molecule has 0 aliphatic carbocycles. The number of nitro benzene ring substituents is 1. The van der Waals surface area contributed by atoms with Crippen molar-refractivity contribution < 1.29 is 4.92 Å². The molecule has 0 atom stereocenters. The Hall–Kier alpha value is -2.71. The molecule has 1 heterocycles. The lowest BCUT2D eigenvalue weighted by molar-refractivity contribution is -0.384. The summed E-state index contributed by atoms with van der Waals surface area (Å²) in [6.07, 6.45) is 3.10. The van der Waals surface area contributed by atoms with Crippen LogP contribution < -0.4 is 0 Å². The number of nitriles is 1. The van der Waals surface area contributed by atoms with Gasteiger partial charge in [0.25, 0.3) is 5.69 Å². The van der Waals surface area contributed by atoms with E-state index in [0.29, 0.717) is 11.1 Å². The molecule has 1 aromatic heterocycles. The lowest BCUT2D eigenvalue weighted by Crippen LogP contribution is -1.91. The summed E-state index contributed by atoms with van der Waals surface area (Å²) in [7, 11) is 0. The minimum Gasteiger partial charge on any atom is -0.264 e. The van der Waals surface area contributed by atoms with Gasteiger partial charge in [0.2, 0.25) is 0 Å². The SMILES string of the molecule is N#C/C(=C(\Cl)c1cccc([N+](=O)[O-])c1)c1cccnc1. The summed E-state index contributed by atoms with van der Waals surface area (Å²) in [5, 5.41) is 20.1. The number of rotatable bonds is 3. The number of non-ortho nitro benzene ring substituents is 1. The molecule has 5 nitrogen and oxygen atoms in total. The van der Waals surface area contributed by atoms with E-state index in [0.717, 1.165) is 0 Å². The molecule has 0 radical (unpaired) electrons. The highest BCUT2D eigenvalue weighted by Crippen LogP contribution is 2.30. The van der Waals surface area contributed by atoms with Crippen molar-refractivity contribution in [2.24, 2.45) is 0 Å². The molecule has 6 heteroatoms. The number of allylic oxidation sites excluding steroid dienone is 1. The first-order chi connectivity index (χ1) is 9.63. The summed E-state index contributed by atoms with van der Waals surface area (Å²) in [6, 6.07) is 11.2. The number of nitrogens with zero attached hydrogens (tertiary/aromatic N) is 3. The number of halogens is 1. The van der Waals surface area contributed by atoms with Crippen molar-refractivity contribution in [3.05, 3.63) is 70.0 Å². The minimum atomic E-state index is -0.510. The van der Waals surface area contributed by atoms with Gasteiger partial charge in [-0.15, -0.1) is 0 Å². The fraction of sp³-hybridized carbons (Fsp3) is 0. The van der Waals surface area contributed by atoms with Gasteiger partial charge < -0.3 is 0 Å². The molecule has 0 N–H and O–H groups in total. The molecule has 20 heavy (non-hydrogen) atoms. The van der Waals surface area contributed by atoms with Gasteiger partial charge in [0.05, 0.1) is 15.5 Å². The zero-order valence-corrected chi connectivity index (χ0v) is 10.9. The van der Waals surface area contributed by atoms with Crippen LogP contribution in [0.1, 0.15) is 11.1 Å². The van der Waals surface area contributed by atoms with E-state index in [-0.39, 0.29) is 16.3 Å². The molecule has 0 aliphatic rings. The van der Waals surface area contributed by atoms with Crippen LogP contribution >= 0.6 is 11.6 Å². The molecule has 0 saturated heterocycles. The van der Waals surface area contributed by atoms with Gasteiger partial charge in [0.1, 0.15) is 6.07 Å². The topological polar surface area (TPSA) is 79.8 Å². The van der Waals surface area contributed by atoms with E-state index in [9.17, 15) is 15.4 Å². The maximum atomic E-state index is 10.8. The second kappa shape index (κ2) is 5.95. The van der Waals surface area contributed by atoms with Gasteiger partial charge >= 0.3 is 0 Å². The van der Waals surface area contributed by atoms with E-state index >= 15 is 0 Å². The molecule has 0 saturated carbocycles. The van der Waals surface area contributed by atoms with Crippen molar-refractivity contribution in [3.63, 3.8) is 0 Å². The molecule has 0 fully saturated rings. The van der Waals surface area contributed by atoms with Gasteiger partial charge in [-0.05, 0) is 6.07 Å². The zero-order valence-electron chi connectivity index (χ0n) is 10.2. The maximum absolute atomic E-state index is 10.8. The number of aromatic nitrogens is 1. The highest BCUT2D eigenvalue weighted by Gasteiger charge is 2.13. The Labute approximate surface area is 119 Å². The van der Waals surface area contributed by atoms with Crippen LogP contribution in [-0.4, -0.2) is 9.91 Å². The Bertz CT molecular complexity index is 721. The van der Waals surface area contributed by atoms with E-state index in [2.05, 4.69) is 4.98 Å². The lowest BCUT2D eigenvalue weighted by Gasteiger charge is -2.04. The predicted octanol–water partition coefficient (Wildman–Crippen LogP) is 3.62. The molecule has 0 unspecified atom stereocenters. The molecule has 0 amide bonds. The van der Waals surface area contributed by atoms with Crippen molar-refractivity contribution in [1.29, 1.82) is 5.26 Å². The van der Waals surface area contributed by atoms with Crippen molar-refractivity contribution >= 4 is 27.9 Å². The summed E-state index contributed by atoms with van der Waals surface area (Å²) < 4.78 is 0. The Kier molecular flexibility index (Phi) is 4.08. The van der Waals surface area contributed by atoms with Gasteiger partial charge in [-0.1, -0.05) is 29.8 Å². The molecular formula is C14H8ClN3O2. The molecule has 0 spiro atoms. The van der Waals surface area contributed by atoms with Crippen molar-refractivity contribution in [2.45, 2.75) is 0 Å². The van der Waals surface area contributed by atoms with Crippen molar-refractivity contribution in [2.75, 3.05) is 0 Å². The minimum absolute atomic E-state index is 0.0795. The van der Waals surface area contributed by atoms with Crippen LogP contribution in [0.25, 0.3) is 10.6 Å². The molecule has 2 aromatic rings. The third-order valence-corrected chi connectivity index (χ3v) is 3.00. The number of hydrogen-bond acceptors (Lipinski definition) is 4. The smallest absolute Gasteiger partial charge is 0.264 e. The largest absolute Gasteiger partial charge is 0.270 e. The van der Waals surface area contributed by atoms with Gasteiger partial charge in [0, 0.05) is 35.7 Å². The number of nitro groups is 1. The fourth-order valence-corrected chi connectivity index (χ4v) is 1.92. The maximum Gasteiger partial charge on any atom is 0.270 e. The van der Waals surface area contributed by atoms with Crippen molar-refractivity contribution in [1.82, 2.24) is 4.98 Å². The van der Waals surface area contributed by atoms with Crippen LogP contribution in [0.4, 0.5) is 5.69 Å². The third-order valence-electron chi connectivity index (χ3n) is 2.59. The summed E-state index contributed by atoms with van der Waals surface area (Å²) in [4.78, 5) is 14.2. The second-order valence-corrected chi connectivity index (χ2v) is 4.23. The van der Waals surface area contributed by atoms with Gasteiger partial charge in [-0.2, -0.15) is 5.26 Å². The summed E-state index contributed by atoms with van der Waals surface area (Å²) >= 11 is 6.19. The average molecular weight is 286 g/mol. The number of benzene rings is 1. The third kappa shape index (κ3) is 2.82. The van der Waals surface area contributed by atoms with Crippen LogP contribution in [0.5, 0.6) is 0 Å². The number of hydrogen-bond donors (Lipinski definition) is 0. The van der Waals surface area contributed by atoms with E-state index in [1.54, 1.807) is 24.4 Å². The van der Waals surface area contributed by atoms with E-state index in [1.807, 2.05) is 6.07 Å². The average Bonchev–Trinajstić information content (AvgIpc) is 2.49. The first kappa shape index (κ1) is 13.7. The molecule has 98 valence electrons. The second-order valence-electron chi connectivity index (χ2n) is 3.85. The van der Waals surface area contributed by atoms with Crippen LogP contribution in [0.2, 0.25) is 0 Å². The van der Waals surface area contributed by atoms with Gasteiger partial charge in [-0.3, -0.25) is 15.1 Å².